The average Bonchev–Trinajstić information content (AvgIpc) is 3.22. The van der Waals surface area contributed by atoms with Gasteiger partial charge in [0.2, 0.25) is 0 Å². The van der Waals surface area contributed by atoms with E-state index in [1.807, 2.05) is 44.2 Å². The quantitative estimate of drug-likeness (QED) is 0.535. The molecule has 3 N–H and O–H groups in total. The Morgan fingerprint density at radius 2 is 1.90 bits per heavy atom. The predicted molar refractivity (Wildman–Crippen MR) is 118 cm³/mol. The molecular formula is C21H27N7O3. The highest BCUT2D eigenvalue weighted by Crippen LogP contribution is 2.20. The van der Waals surface area contributed by atoms with Crippen LogP contribution in [0.15, 0.2) is 46.1 Å². The van der Waals surface area contributed by atoms with Crippen LogP contribution in [0, 0.1) is 0 Å². The second-order valence-electron chi connectivity index (χ2n) is 7.24. The van der Waals surface area contributed by atoms with Crippen LogP contribution in [0.2, 0.25) is 0 Å². The number of anilines is 2. The number of unbranched alkanes of at least 4 members (excludes halogenated alkanes) is 1. The third-order valence-electron chi connectivity index (χ3n) is 4.86. The highest BCUT2D eigenvalue weighted by atomic mass is 16.2. The Bertz CT molecular complexity index is 1150. The monoisotopic (exact) mass is 425 g/mol. The molecule has 0 spiro atoms. The number of hydrogen-bond acceptors (Lipinski definition) is 6. The molecular weight excluding hydrogens is 398 g/mol. The fourth-order valence-corrected chi connectivity index (χ4v) is 3.30. The number of amides is 1. The second-order valence-corrected chi connectivity index (χ2v) is 7.24. The lowest BCUT2D eigenvalue weighted by molar-refractivity contribution is 0.0981. The van der Waals surface area contributed by atoms with Crippen LogP contribution in [-0.2, 0) is 13.1 Å². The maximum atomic E-state index is 13.3. The van der Waals surface area contributed by atoms with Crippen molar-refractivity contribution in [3.8, 4) is 0 Å². The number of carbonyl (C=O) groups excluding carboxylic acids is 1. The number of carbonyl (C=O) groups is 1. The molecule has 0 saturated carbocycles. The largest absolute Gasteiger partial charge is 0.383 e. The summed E-state index contributed by atoms with van der Waals surface area (Å²) < 4.78 is 2.83. The van der Waals surface area contributed by atoms with Crippen molar-refractivity contribution in [1.82, 2.24) is 24.5 Å². The van der Waals surface area contributed by atoms with Gasteiger partial charge in [-0.1, -0.05) is 55.8 Å². The first kappa shape index (κ1) is 22.0. The summed E-state index contributed by atoms with van der Waals surface area (Å²) in [6.07, 6.45) is 3.64. The third-order valence-corrected chi connectivity index (χ3v) is 4.86. The summed E-state index contributed by atoms with van der Waals surface area (Å²) in [5.74, 6) is -0.525. The van der Waals surface area contributed by atoms with Gasteiger partial charge < -0.3 is 5.73 Å². The molecule has 164 valence electrons. The number of benzene rings is 1. The van der Waals surface area contributed by atoms with Crippen molar-refractivity contribution in [2.45, 2.75) is 46.2 Å². The molecule has 0 radical (unpaired) electrons. The smallest absolute Gasteiger partial charge is 0.330 e. The van der Waals surface area contributed by atoms with Gasteiger partial charge in [-0.15, -0.1) is 5.10 Å². The summed E-state index contributed by atoms with van der Waals surface area (Å²) >= 11 is 0. The number of hydrogen-bond donors (Lipinski definition) is 2. The Labute approximate surface area is 179 Å². The summed E-state index contributed by atoms with van der Waals surface area (Å²) in [6.45, 7) is 4.92. The predicted octanol–water partition coefficient (Wildman–Crippen LogP) is 1.62. The molecule has 1 amide bonds. The highest BCUT2D eigenvalue weighted by molar-refractivity contribution is 6.05. The fourth-order valence-electron chi connectivity index (χ4n) is 3.30. The number of H-pyrrole nitrogens is 1. The van der Waals surface area contributed by atoms with Crippen molar-refractivity contribution >= 4 is 17.4 Å². The summed E-state index contributed by atoms with van der Waals surface area (Å²) in [5.41, 5.74) is 5.96. The first-order chi connectivity index (χ1) is 15.0. The van der Waals surface area contributed by atoms with Crippen LogP contribution in [0.5, 0.6) is 0 Å². The Balaban J connectivity index is 1.97. The van der Waals surface area contributed by atoms with E-state index < -0.39 is 17.2 Å². The van der Waals surface area contributed by atoms with Gasteiger partial charge in [0, 0.05) is 13.1 Å². The van der Waals surface area contributed by atoms with E-state index in [4.69, 9.17) is 5.73 Å². The molecule has 0 atom stereocenters. The number of nitrogens with two attached hydrogens (primary N) is 1. The maximum Gasteiger partial charge on any atom is 0.330 e. The molecule has 2 heterocycles. The van der Waals surface area contributed by atoms with Crippen molar-refractivity contribution in [2.24, 2.45) is 0 Å². The van der Waals surface area contributed by atoms with Crippen LogP contribution in [0.4, 0.5) is 11.5 Å². The lowest BCUT2D eigenvalue weighted by Crippen LogP contribution is -2.41. The zero-order valence-corrected chi connectivity index (χ0v) is 17.7. The highest BCUT2D eigenvalue weighted by Gasteiger charge is 2.26. The minimum Gasteiger partial charge on any atom is -0.383 e. The van der Waals surface area contributed by atoms with Crippen molar-refractivity contribution in [2.75, 3.05) is 17.2 Å². The van der Waals surface area contributed by atoms with Gasteiger partial charge in [-0.05, 0) is 18.4 Å². The SMILES string of the molecule is CCCCN(C(=O)c1cn(Cc2ccccc2)nn1)c1c(N)n(CCC)c(=O)[nH]c1=O. The lowest BCUT2D eigenvalue weighted by atomic mass is 10.2. The van der Waals surface area contributed by atoms with Gasteiger partial charge in [0.05, 0.1) is 12.7 Å². The van der Waals surface area contributed by atoms with E-state index in [0.717, 1.165) is 12.0 Å². The maximum absolute atomic E-state index is 13.3. The van der Waals surface area contributed by atoms with Crippen LogP contribution in [0.25, 0.3) is 0 Å². The first-order valence-electron chi connectivity index (χ1n) is 10.3. The second kappa shape index (κ2) is 9.88. The number of aromatic nitrogens is 5. The molecule has 0 saturated heterocycles. The molecule has 31 heavy (non-hydrogen) atoms. The van der Waals surface area contributed by atoms with E-state index >= 15 is 0 Å². The lowest BCUT2D eigenvalue weighted by Gasteiger charge is -2.23. The molecule has 0 aliphatic heterocycles. The Hall–Kier alpha value is -3.69. The zero-order chi connectivity index (χ0) is 22.4. The van der Waals surface area contributed by atoms with Gasteiger partial charge in [0.1, 0.15) is 5.82 Å². The van der Waals surface area contributed by atoms with Gasteiger partial charge in [-0.2, -0.15) is 0 Å². The van der Waals surface area contributed by atoms with E-state index in [0.29, 0.717) is 25.9 Å². The van der Waals surface area contributed by atoms with Crippen molar-refractivity contribution in [3.05, 3.63) is 68.6 Å². The number of nitrogen functional groups attached to an aromatic ring is 1. The van der Waals surface area contributed by atoms with Crippen LogP contribution < -0.4 is 21.9 Å². The molecule has 0 aliphatic carbocycles. The molecule has 3 aromatic rings. The molecule has 1 aromatic carbocycles. The van der Waals surface area contributed by atoms with Gasteiger partial charge in [-0.3, -0.25) is 24.0 Å². The molecule has 3 rings (SSSR count). The van der Waals surface area contributed by atoms with Crippen LogP contribution in [0.3, 0.4) is 0 Å². The number of aromatic amines is 1. The zero-order valence-electron chi connectivity index (χ0n) is 17.7. The average molecular weight is 425 g/mol. The summed E-state index contributed by atoms with van der Waals surface area (Å²) in [6, 6.07) is 9.67. The minimum atomic E-state index is -0.698. The van der Waals surface area contributed by atoms with E-state index in [1.54, 1.807) is 10.9 Å². The number of nitrogens with zero attached hydrogens (tertiary/aromatic N) is 5. The van der Waals surface area contributed by atoms with E-state index in [-0.39, 0.29) is 23.7 Å². The molecule has 0 bridgehead atoms. The van der Waals surface area contributed by atoms with Crippen molar-refractivity contribution < 1.29 is 4.79 Å². The Kier molecular flexibility index (Phi) is 7.01. The fraction of sp³-hybridized carbons (Fsp3) is 0.381. The molecule has 0 aliphatic rings. The molecule has 0 unspecified atom stereocenters. The topological polar surface area (TPSA) is 132 Å². The summed E-state index contributed by atoms with van der Waals surface area (Å²) in [7, 11) is 0. The molecule has 0 fully saturated rings. The van der Waals surface area contributed by atoms with Crippen LogP contribution in [0.1, 0.15) is 49.2 Å². The van der Waals surface area contributed by atoms with Crippen LogP contribution >= 0.6 is 0 Å². The minimum absolute atomic E-state index is 0.0308. The van der Waals surface area contributed by atoms with Gasteiger partial charge in [0.25, 0.3) is 11.5 Å². The summed E-state index contributed by atoms with van der Waals surface area (Å²) in [5, 5.41) is 8.04. The van der Waals surface area contributed by atoms with Crippen LogP contribution in [-0.4, -0.2) is 37.0 Å². The van der Waals surface area contributed by atoms with E-state index in [1.165, 1.54) is 9.47 Å². The number of rotatable bonds is 9. The van der Waals surface area contributed by atoms with E-state index in [2.05, 4.69) is 15.3 Å². The Morgan fingerprint density at radius 3 is 2.58 bits per heavy atom. The molecule has 10 nitrogen and oxygen atoms in total. The third kappa shape index (κ3) is 4.90. The normalized spacial score (nSPS) is 10.9. The first-order valence-corrected chi connectivity index (χ1v) is 10.3. The van der Waals surface area contributed by atoms with Gasteiger partial charge >= 0.3 is 5.69 Å². The van der Waals surface area contributed by atoms with Gasteiger partial charge in [0.15, 0.2) is 11.4 Å². The molecule has 10 heteroatoms. The van der Waals surface area contributed by atoms with Crippen molar-refractivity contribution in [3.63, 3.8) is 0 Å². The standard InChI is InChI=1S/C21H27N7O3/c1-3-5-12-27(17-18(22)28(11-4-2)21(31)23-19(17)29)20(30)16-14-26(25-24-16)13-15-9-7-6-8-10-15/h6-10,14H,3-5,11-13,22H2,1-2H3,(H,23,29,31). The van der Waals surface area contributed by atoms with Crippen molar-refractivity contribution in [1.29, 1.82) is 0 Å². The van der Waals surface area contributed by atoms with Gasteiger partial charge in [-0.25, -0.2) is 9.48 Å². The molecule has 2 aromatic heterocycles. The summed E-state index contributed by atoms with van der Waals surface area (Å²) in [4.78, 5) is 41.6. The van der Waals surface area contributed by atoms with E-state index in [9.17, 15) is 14.4 Å². The number of nitrogens with one attached hydrogen (secondary N) is 1. The Morgan fingerprint density at radius 1 is 1.16 bits per heavy atom.